The number of piperidine rings is 1. The predicted octanol–water partition coefficient (Wildman–Crippen LogP) is 3.39. The molecule has 0 aliphatic carbocycles. The van der Waals surface area contributed by atoms with Crippen LogP contribution in [-0.2, 0) is 9.47 Å². The Morgan fingerprint density at radius 3 is 2.62 bits per heavy atom. The van der Waals surface area contributed by atoms with Crippen molar-refractivity contribution in [2.45, 2.75) is 64.1 Å². The van der Waals surface area contributed by atoms with Crippen LogP contribution in [0, 0.1) is 19.3 Å². The first-order valence-electron chi connectivity index (χ1n) is 13.6. The van der Waals surface area contributed by atoms with E-state index in [0.717, 1.165) is 62.6 Å². The minimum atomic E-state index is -0.239. The zero-order chi connectivity index (χ0) is 25.9. The van der Waals surface area contributed by atoms with Gasteiger partial charge in [0, 0.05) is 42.7 Å². The molecular weight excluding hydrogens is 468 g/mol. The Morgan fingerprint density at radius 2 is 1.92 bits per heavy atom. The fourth-order valence-corrected chi connectivity index (χ4v) is 6.08. The molecule has 9 nitrogen and oxygen atoms in total. The van der Waals surface area contributed by atoms with Crippen LogP contribution in [-0.4, -0.2) is 90.4 Å². The fraction of sp³-hybridized carbons (Fsp3) is 0.607. The molecule has 0 saturated carbocycles. The first kappa shape index (κ1) is 26.0. The van der Waals surface area contributed by atoms with Crippen molar-refractivity contribution in [2.75, 3.05) is 56.3 Å². The Morgan fingerprint density at radius 1 is 1.11 bits per heavy atom. The zero-order valence-corrected chi connectivity index (χ0v) is 22.2. The molecule has 2 aromatic rings. The van der Waals surface area contributed by atoms with Gasteiger partial charge in [-0.1, -0.05) is 0 Å². The summed E-state index contributed by atoms with van der Waals surface area (Å²) in [6.07, 6.45) is 4.59. The molecule has 3 saturated heterocycles. The van der Waals surface area contributed by atoms with Crippen molar-refractivity contribution in [1.29, 1.82) is 5.41 Å². The molecule has 3 aliphatic heterocycles. The number of nitrogens with zero attached hydrogens (tertiary/aromatic N) is 4. The number of hydrogen-bond acceptors (Lipinski definition) is 9. The second-order valence-corrected chi connectivity index (χ2v) is 10.6. The van der Waals surface area contributed by atoms with Gasteiger partial charge in [0.15, 0.2) is 0 Å². The summed E-state index contributed by atoms with van der Waals surface area (Å²) in [7, 11) is 0. The maximum absolute atomic E-state index is 9.69. The summed E-state index contributed by atoms with van der Waals surface area (Å²) in [6.45, 7) is 11.3. The molecule has 1 aromatic heterocycles. The Hall–Kier alpha value is -2.59. The van der Waals surface area contributed by atoms with Crippen molar-refractivity contribution in [2.24, 2.45) is 0 Å². The summed E-state index contributed by atoms with van der Waals surface area (Å²) < 4.78 is 11.3. The van der Waals surface area contributed by atoms with Gasteiger partial charge in [-0.25, -0.2) is 9.97 Å². The summed E-state index contributed by atoms with van der Waals surface area (Å²) in [6, 6.07) is 6.89. The Bertz CT molecular complexity index is 1100. The lowest BCUT2D eigenvalue weighted by atomic mass is 9.85. The van der Waals surface area contributed by atoms with E-state index in [2.05, 4.69) is 51.1 Å². The predicted molar refractivity (Wildman–Crippen MR) is 146 cm³/mol. The van der Waals surface area contributed by atoms with E-state index in [1.54, 1.807) is 0 Å². The molecule has 1 aromatic carbocycles. The standard InChI is InChI=1S/C28H40N6O3/c1-18-12-22(15-29)25(13-24(18)21-4-7-33(8-5-21)23-6-10-36-17-23)32-27-14-28(31-20(3)30-27)34-9-11-37-26(16-35)19(34)2/h12-15,19,21,23,26,29,35H,4-11,16-17H2,1-3H3,(H,30,31,32). The lowest BCUT2D eigenvalue weighted by Crippen LogP contribution is -2.51. The Labute approximate surface area is 219 Å². The topological polar surface area (TPSA) is 107 Å². The van der Waals surface area contributed by atoms with E-state index in [9.17, 15) is 5.11 Å². The summed E-state index contributed by atoms with van der Waals surface area (Å²) >= 11 is 0. The number of aliphatic hydroxyl groups excluding tert-OH is 1. The Balaban J connectivity index is 1.36. The number of aliphatic hydroxyl groups is 1. The number of morpholine rings is 1. The lowest BCUT2D eigenvalue weighted by molar-refractivity contribution is -0.0184. The second kappa shape index (κ2) is 11.4. The number of anilines is 3. The molecule has 9 heteroatoms. The number of rotatable bonds is 7. The number of aromatic nitrogens is 2. The lowest BCUT2D eigenvalue weighted by Gasteiger charge is -2.39. The van der Waals surface area contributed by atoms with Crippen molar-refractivity contribution in [3.8, 4) is 0 Å². The molecule has 0 amide bonds. The van der Waals surface area contributed by atoms with Gasteiger partial charge in [-0.3, -0.25) is 4.90 Å². The highest BCUT2D eigenvalue weighted by Gasteiger charge is 2.31. The molecule has 3 aliphatic rings. The smallest absolute Gasteiger partial charge is 0.136 e. The minimum Gasteiger partial charge on any atom is -0.394 e. The molecule has 5 rings (SSSR count). The van der Waals surface area contributed by atoms with Crippen LogP contribution in [0.4, 0.5) is 17.3 Å². The quantitative estimate of drug-likeness (QED) is 0.489. The normalized spacial score (nSPS) is 25.4. The van der Waals surface area contributed by atoms with Gasteiger partial charge in [-0.05, 0) is 82.3 Å². The molecule has 0 radical (unpaired) electrons. The van der Waals surface area contributed by atoms with Crippen LogP contribution in [0.5, 0.6) is 0 Å². The highest BCUT2D eigenvalue weighted by atomic mass is 16.5. The average molecular weight is 509 g/mol. The molecule has 3 unspecified atom stereocenters. The number of nitrogens with one attached hydrogen (secondary N) is 2. The van der Waals surface area contributed by atoms with Gasteiger partial charge in [-0.15, -0.1) is 0 Å². The zero-order valence-electron chi connectivity index (χ0n) is 22.2. The largest absolute Gasteiger partial charge is 0.394 e. The number of aryl methyl sites for hydroxylation is 2. The average Bonchev–Trinajstić information content (AvgIpc) is 3.44. The van der Waals surface area contributed by atoms with Crippen molar-refractivity contribution in [1.82, 2.24) is 14.9 Å². The van der Waals surface area contributed by atoms with Gasteiger partial charge in [0.1, 0.15) is 23.6 Å². The summed E-state index contributed by atoms with van der Waals surface area (Å²) in [5, 5.41) is 21.2. The van der Waals surface area contributed by atoms with E-state index in [1.165, 1.54) is 17.3 Å². The number of benzene rings is 1. The third kappa shape index (κ3) is 5.65. The van der Waals surface area contributed by atoms with E-state index in [0.29, 0.717) is 36.8 Å². The first-order chi connectivity index (χ1) is 18.0. The maximum Gasteiger partial charge on any atom is 0.136 e. The van der Waals surface area contributed by atoms with Gasteiger partial charge in [0.05, 0.1) is 25.9 Å². The molecule has 3 atom stereocenters. The summed E-state index contributed by atoms with van der Waals surface area (Å²) in [5.41, 5.74) is 4.34. The van der Waals surface area contributed by atoms with Gasteiger partial charge in [-0.2, -0.15) is 0 Å². The molecule has 0 bridgehead atoms. The van der Waals surface area contributed by atoms with Crippen LogP contribution >= 0.6 is 0 Å². The fourth-order valence-electron chi connectivity index (χ4n) is 6.08. The van der Waals surface area contributed by atoms with Crippen LogP contribution < -0.4 is 10.2 Å². The third-order valence-electron chi connectivity index (χ3n) is 8.24. The molecule has 37 heavy (non-hydrogen) atoms. The van der Waals surface area contributed by atoms with Gasteiger partial charge in [0.25, 0.3) is 0 Å². The SMILES string of the molecule is Cc1nc(Nc2cc(C3CCN(C4CCOC4)CC3)c(C)cc2C=N)cc(N2CCOC(CO)C2C)n1. The Kier molecular flexibility index (Phi) is 8.04. The van der Waals surface area contributed by atoms with Crippen LogP contribution in [0.3, 0.4) is 0 Å². The molecule has 200 valence electrons. The van der Waals surface area contributed by atoms with Crippen LogP contribution in [0.15, 0.2) is 18.2 Å². The number of hydrogen-bond donors (Lipinski definition) is 3. The minimum absolute atomic E-state index is 0.00526. The molecule has 3 N–H and O–H groups in total. The molecule has 0 spiro atoms. The second-order valence-electron chi connectivity index (χ2n) is 10.6. The van der Waals surface area contributed by atoms with E-state index in [1.807, 2.05) is 13.0 Å². The van der Waals surface area contributed by atoms with E-state index in [4.69, 9.17) is 14.9 Å². The van der Waals surface area contributed by atoms with Gasteiger partial charge >= 0.3 is 0 Å². The molecule has 4 heterocycles. The van der Waals surface area contributed by atoms with Crippen molar-refractivity contribution in [3.63, 3.8) is 0 Å². The highest BCUT2D eigenvalue weighted by Crippen LogP contribution is 2.35. The monoisotopic (exact) mass is 508 g/mol. The van der Waals surface area contributed by atoms with Crippen molar-refractivity contribution < 1.29 is 14.6 Å². The van der Waals surface area contributed by atoms with Crippen LogP contribution in [0.25, 0.3) is 0 Å². The van der Waals surface area contributed by atoms with E-state index >= 15 is 0 Å². The first-order valence-corrected chi connectivity index (χ1v) is 13.6. The van der Waals surface area contributed by atoms with E-state index in [-0.39, 0.29) is 18.8 Å². The number of ether oxygens (including phenoxy) is 2. The van der Waals surface area contributed by atoms with Gasteiger partial charge in [0.2, 0.25) is 0 Å². The summed E-state index contributed by atoms with van der Waals surface area (Å²) in [4.78, 5) is 14.1. The van der Waals surface area contributed by atoms with E-state index < -0.39 is 0 Å². The maximum atomic E-state index is 9.69. The van der Waals surface area contributed by atoms with Gasteiger partial charge < -0.3 is 30.2 Å². The molecule has 3 fully saturated rings. The van der Waals surface area contributed by atoms with Crippen LogP contribution in [0.2, 0.25) is 0 Å². The summed E-state index contributed by atoms with van der Waals surface area (Å²) in [5.74, 6) is 2.70. The van der Waals surface area contributed by atoms with Crippen molar-refractivity contribution >= 4 is 23.5 Å². The number of likely N-dealkylation sites (tertiary alicyclic amines) is 1. The third-order valence-corrected chi connectivity index (χ3v) is 8.24. The van der Waals surface area contributed by atoms with Crippen LogP contribution in [0.1, 0.15) is 54.6 Å². The molecular formula is C28H40N6O3. The highest BCUT2D eigenvalue weighted by molar-refractivity contribution is 5.88. The van der Waals surface area contributed by atoms with Crippen molar-refractivity contribution in [3.05, 3.63) is 40.7 Å².